The Morgan fingerprint density at radius 2 is 1.85 bits per heavy atom. The second kappa shape index (κ2) is 7.23. The molecule has 1 aliphatic heterocycles. The Bertz CT molecular complexity index is 818. The fraction of sp³-hybridized carbons (Fsp3) is 0.500. The van der Waals surface area contributed by atoms with Crippen LogP contribution in [0, 0.1) is 0 Å². The van der Waals surface area contributed by atoms with E-state index >= 15 is 0 Å². The summed E-state index contributed by atoms with van der Waals surface area (Å²) in [6, 6.07) is 3.25. The highest BCUT2D eigenvalue weighted by Crippen LogP contribution is 2.44. The highest BCUT2D eigenvalue weighted by atomic mass is 16.5. The molecule has 1 aromatic heterocycles. The predicted molar refractivity (Wildman–Crippen MR) is 95.5 cm³/mol. The normalized spacial score (nSPS) is 16.4. The van der Waals surface area contributed by atoms with Gasteiger partial charge in [-0.25, -0.2) is 0 Å². The summed E-state index contributed by atoms with van der Waals surface area (Å²) in [7, 11) is 4.68. The third kappa shape index (κ3) is 2.75. The number of fused-ring (bicyclic) bond motifs is 1. The lowest BCUT2D eigenvalue weighted by Gasteiger charge is -2.32. The second-order valence-electron chi connectivity index (χ2n) is 6.13. The number of methoxy groups -OCH3 is 3. The molecule has 0 saturated heterocycles. The third-order valence-electron chi connectivity index (χ3n) is 4.59. The van der Waals surface area contributed by atoms with Crippen LogP contribution in [0.5, 0.6) is 17.2 Å². The Balaban J connectivity index is 2.13. The zero-order valence-corrected chi connectivity index (χ0v) is 15.8. The van der Waals surface area contributed by atoms with Crippen molar-refractivity contribution in [1.29, 1.82) is 0 Å². The highest BCUT2D eigenvalue weighted by molar-refractivity contribution is 5.82. The number of benzene rings is 1. The minimum Gasteiger partial charge on any atom is -0.493 e. The van der Waals surface area contributed by atoms with E-state index in [1.165, 1.54) is 0 Å². The van der Waals surface area contributed by atoms with Crippen LogP contribution in [-0.2, 0) is 11.3 Å². The van der Waals surface area contributed by atoms with E-state index in [0.717, 1.165) is 12.2 Å². The molecular weight excluding hydrogens is 336 g/mol. The van der Waals surface area contributed by atoms with E-state index < -0.39 is 0 Å². The molecule has 1 aliphatic rings. The lowest BCUT2D eigenvalue weighted by Crippen LogP contribution is -2.42. The Kier molecular flexibility index (Phi) is 5.01. The Labute approximate surface area is 152 Å². The van der Waals surface area contributed by atoms with Gasteiger partial charge in [0.2, 0.25) is 11.7 Å². The van der Waals surface area contributed by atoms with Crippen molar-refractivity contribution < 1.29 is 19.0 Å². The number of hydrogen-bond donors (Lipinski definition) is 0. The van der Waals surface area contributed by atoms with Gasteiger partial charge in [-0.1, -0.05) is 6.92 Å². The first-order valence-corrected chi connectivity index (χ1v) is 8.59. The molecule has 0 bridgehead atoms. The fourth-order valence-corrected chi connectivity index (χ4v) is 3.38. The minimum absolute atomic E-state index is 0.0693. The third-order valence-corrected chi connectivity index (χ3v) is 4.59. The molecule has 1 amide bonds. The van der Waals surface area contributed by atoms with E-state index in [0.29, 0.717) is 41.7 Å². The van der Waals surface area contributed by atoms with Crippen LogP contribution in [-0.4, -0.2) is 53.4 Å². The lowest BCUT2D eigenvalue weighted by atomic mass is 10.1. The van der Waals surface area contributed by atoms with Crippen LogP contribution in [0.25, 0.3) is 11.4 Å². The minimum atomic E-state index is -0.381. The van der Waals surface area contributed by atoms with E-state index in [2.05, 4.69) is 17.1 Å². The summed E-state index contributed by atoms with van der Waals surface area (Å²) in [5, 5.41) is 8.66. The maximum Gasteiger partial charge on any atom is 0.245 e. The zero-order chi connectivity index (χ0) is 18.8. The Hall–Kier alpha value is -2.77. The number of hydrogen-bond acceptors (Lipinski definition) is 6. The molecule has 140 valence electrons. The SMILES string of the molecule is CCCN1Cc2nnc(-c3ccc(OC)c(OC)c3OC)n2[C@H](C)C1=O. The first kappa shape index (κ1) is 18.0. The van der Waals surface area contributed by atoms with E-state index in [1.807, 2.05) is 22.5 Å². The van der Waals surface area contributed by atoms with Crippen LogP contribution in [0.1, 0.15) is 32.1 Å². The molecule has 26 heavy (non-hydrogen) atoms. The molecule has 0 saturated carbocycles. The standard InChI is InChI=1S/C18H24N4O4/c1-6-9-21-10-14-19-20-17(22(14)11(2)18(21)23)12-7-8-13(24-3)16(26-5)15(12)25-4/h7-8,11H,6,9-10H2,1-5H3/t11-/m1/s1. The van der Waals surface area contributed by atoms with Crippen LogP contribution in [0.3, 0.4) is 0 Å². The molecule has 0 N–H and O–H groups in total. The van der Waals surface area contributed by atoms with Gasteiger partial charge >= 0.3 is 0 Å². The van der Waals surface area contributed by atoms with Crippen molar-refractivity contribution in [2.24, 2.45) is 0 Å². The van der Waals surface area contributed by atoms with E-state index in [1.54, 1.807) is 27.4 Å². The molecule has 8 nitrogen and oxygen atoms in total. The molecule has 0 spiro atoms. The smallest absolute Gasteiger partial charge is 0.245 e. The summed E-state index contributed by atoms with van der Waals surface area (Å²) in [5.41, 5.74) is 0.701. The average Bonchev–Trinajstić information content (AvgIpc) is 3.08. The summed E-state index contributed by atoms with van der Waals surface area (Å²) in [5.74, 6) is 2.95. The molecule has 2 heterocycles. The maximum atomic E-state index is 12.7. The van der Waals surface area contributed by atoms with Crippen molar-refractivity contribution in [1.82, 2.24) is 19.7 Å². The molecule has 2 aromatic rings. The maximum absolute atomic E-state index is 12.7. The van der Waals surface area contributed by atoms with Gasteiger partial charge in [0.25, 0.3) is 0 Å². The summed E-state index contributed by atoms with van der Waals surface area (Å²) in [4.78, 5) is 14.5. The Morgan fingerprint density at radius 1 is 1.12 bits per heavy atom. The topological polar surface area (TPSA) is 78.7 Å². The molecule has 0 fully saturated rings. The van der Waals surface area contributed by atoms with Crippen LogP contribution in [0.15, 0.2) is 12.1 Å². The molecule has 0 aliphatic carbocycles. The zero-order valence-electron chi connectivity index (χ0n) is 15.8. The van der Waals surface area contributed by atoms with Gasteiger partial charge in [0.15, 0.2) is 23.1 Å². The number of carbonyl (C=O) groups is 1. The van der Waals surface area contributed by atoms with E-state index in [4.69, 9.17) is 14.2 Å². The molecular formula is C18H24N4O4. The van der Waals surface area contributed by atoms with Gasteiger partial charge < -0.3 is 19.1 Å². The van der Waals surface area contributed by atoms with E-state index in [9.17, 15) is 4.79 Å². The van der Waals surface area contributed by atoms with Crippen LogP contribution < -0.4 is 14.2 Å². The van der Waals surface area contributed by atoms with Gasteiger partial charge in [-0.3, -0.25) is 9.36 Å². The number of amides is 1. The monoisotopic (exact) mass is 360 g/mol. The summed E-state index contributed by atoms with van der Waals surface area (Å²) in [6.45, 7) is 5.09. The van der Waals surface area contributed by atoms with Gasteiger partial charge in [-0.2, -0.15) is 0 Å². The van der Waals surface area contributed by atoms with Crippen molar-refractivity contribution in [2.75, 3.05) is 27.9 Å². The van der Waals surface area contributed by atoms with Crippen molar-refractivity contribution in [3.05, 3.63) is 18.0 Å². The average molecular weight is 360 g/mol. The van der Waals surface area contributed by atoms with Crippen molar-refractivity contribution in [3.63, 3.8) is 0 Å². The Morgan fingerprint density at radius 3 is 2.46 bits per heavy atom. The fourth-order valence-electron chi connectivity index (χ4n) is 3.38. The largest absolute Gasteiger partial charge is 0.493 e. The van der Waals surface area contributed by atoms with Gasteiger partial charge in [0.1, 0.15) is 6.04 Å². The number of ether oxygens (including phenoxy) is 3. The quantitative estimate of drug-likeness (QED) is 0.786. The van der Waals surface area contributed by atoms with Crippen LogP contribution >= 0.6 is 0 Å². The molecule has 1 atom stereocenters. The molecule has 0 unspecified atom stereocenters. The van der Waals surface area contributed by atoms with E-state index in [-0.39, 0.29) is 11.9 Å². The van der Waals surface area contributed by atoms with Crippen LogP contribution in [0.2, 0.25) is 0 Å². The summed E-state index contributed by atoms with van der Waals surface area (Å²) >= 11 is 0. The van der Waals surface area contributed by atoms with Crippen molar-refractivity contribution in [3.8, 4) is 28.6 Å². The number of nitrogens with zero attached hydrogens (tertiary/aromatic N) is 4. The first-order valence-electron chi connectivity index (χ1n) is 8.59. The van der Waals surface area contributed by atoms with Gasteiger partial charge in [-0.05, 0) is 25.5 Å². The highest BCUT2D eigenvalue weighted by Gasteiger charge is 2.34. The van der Waals surface area contributed by atoms with Crippen molar-refractivity contribution in [2.45, 2.75) is 32.9 Å². The first-order chi connectivity index (χ1) is 12.6. The van der Waals surface area contributed by atoms with Gasteiger partial charge in [0, 0.05) is 6.54 Å². The molecule has 3 rings (SSSR count). The molecule has 1 aromatic carbocycles. The summed E-state index contributed by atoms with van der Waals surface area (Å²) < 4.78 is 18.2. The summed E-state index contributed by atoms with van der Waals surface area (Å²) in [6.07, 6.45) is 0.906. The van der Waals surface area contributed by atoms with Crippen LogP contribution in [0.4, 0.5) is 0 Å². The lowest BCUT2D eigenvalue weighted by molar-refractivity contribution is -0.136. The van der Waals surface area contributed by atoms with Crippen molar-refractivity contribution >= 4 is 5.91 Å². The second-order valence-corrected chi connectivity index (χ2v) is 6.13. The number of carbonyl (C=O) groups excluding carboxylic acids is 1. The predicted octanol–water partition coefficient (Wildman–Crippen LogP) is 2.28. The van der Waals surface area contributed by atoms with Gasteiger partial charge in [-0.15, -0.1) is 10.2 Å². The molecule has 0 radical (unpaired) electrons. The van der Waals surface area contributed by atoms with Gasteiger partial charge in [0.05, 0.1) is 33.4 Å². The number of aromatic nitrogens is 3. The number of rotatable bonds is 6. The molecule has 8 heteroatoms.